The number of hydrazine groups is 1. The SMILES string of the molecule is CS(=O)CCCNS(=O)(=O)c1ccc(NN)nc1. The van der Waals surface area contributed by atoms with E-state index in [2.05, 4.69) is 15.1 Å². The van der Waals surface area contributed by atoms with Gasteiger partial charge in [0.15, 0.2) is 0 Å². The number of nitrogens with zero attached hydrogens (tertiary/aromatic N) is 1. The van der Waals surface area contributed by atoms with E-state index in [9.17, 15) is 12.6 Å². The second-order valence-corrected chi connectivity index (χ2v) is 6.87. The predicted molar refractivity (Wildman–Crippen MR) is 70.8 cm³/mol. The number of anilines is 1. The molecule has 0 fully saturated rings. The molecule has 0 bridgehead atoms. The van der Waals surface area contributed by atoms with E-state index in [0.717, 1.165) is 0 Å². The summed E-state index contributed by atoms with van der Waals surface area (Å²) < 4.78 is 36.8. The van der Waals surface area contributed by atoms with Crippen molar-refractivity contribution in [3.8, 4) is 0 Å². The van der Waals surface area contributed by atoms with Crippen molar-refractivity contribution in [3.05, 3.63) is 18.3 Å². The second-order valence-electron chi connectivity index (χ2n) is 3.55. The molecule has 0 aliphatic rings. The summed E-state index contributed by atoms with van der Waals surface area (Å²) in [6.45, 7) is 0.249. The average molecular weight is 292 g/mol. The van der Waals surface area contributed by atoms with Crippen LogP contribution in [0.1, 0.15) is 6.42 Å². The van der Waals surface area contributed by atoms with Gasteiger partial charge in [0.05, 0.1) is 0 Å². The number of rotatable bonds is 7. The standard InChI is InChI=1S/C9H16N4O3S2/c1-17(14)6-2-5-12-18(15,16)8-3-4-9(13-10)11-7-8/h3-4,7,12H,2,5-6,10H2,1H3,(H,11,13). The van der Waals surface area contributed by atoms with Crippen molar-refractivity contribution >= 4 is 26.6 Å². The van der Waals surface area contributed by atoms with Gasteiger partial charge in [-0.1, -0.05) is 0 Å². The summed E-state index contributed by atoms with van der Waals surface area (Å²) in [5.41, 5.74) is 2.31. The van der Waals surface area contributed by atoms with Crippen LogP contribution < -0.4 is 16.0 Å². The van der Waals surface area contributed by atoms with Crippen LogP contribution in [0.3, 0.4) is 0 Å². The molecule has 1 aromatic rings. The van der Waals surface area contributed by atoms with Gasteiger partial charge >= 0.3 is 0 Å². The van der Waals surface area contributed by atoms with Crippen molar-refractivity contribution in [1.29, 1.82) is 0 Å². The third-order valence-corrected chi connectivity index (χ3v) is 4.41. The maximum Gasteiger partial charge on any atom is 0.242 e. The minimum atomic E-state index is -3.56. The molecule has 1 rings (SSSR count). The highest BCUT2D eigenvalue weighted by atomic mass is 32.2. The van der Waals surface area contributed by atoms with E-state index >= 15 is 0 Å². The van der Waals surface area contributed by atoms with E-state index in [4.69, 9.17) is 5.84 Å². The molecule has 1 unspecified atom stereocenters. The van der Waals surface area contributed by atoms with E-state index in [0.29, 0.717) is 18.0 Å². The summed E-state index contributed by atoms with van der Waals surface area (Å²) >= 11 is 0. The van der Waals surface area contributed by atoms with Gasteiger partial charge in [0, 0.05) is 35.5 Å². The molecule has 0 saturated carbocycles. The molecule has 0 aliphatic heterocycles. The van der Waals surface area contributed by atoms with Crippen molar-refractivity contribution in [2.45, 2.75) is 11.3 Å². The quantitative estimate of drug-likeness (QED) is 0.352. The first-order valence-electron chi connectivity index (χ1n) is 5.18. The lowest BCUT2D eigenvalue weighted by atomic mass is 10.5. The Hall–Kier alpha value is -1.03. The Morgan fingerprint density at radius 1 is 1.44 bits per heavy atom. The first-order valence-corrected chi connectivity index (χ1v) is 8.39. The Morgan fingerprint density at radius 2 is 2.17 bits per heavy atom. The summed E-state index contributed by atoms with van der Waals surface area (Å²) in [6, 6.07) is 2.87. The number of nitrogens with two attached hydrogens (primary N) is 1. The lowest BCUT2D eigenvalue weighted by Gasteiger charge is -2.06. The van der Waals surface area contributed by atoms with Gasteiger partial charge in [0.2, 0.25) is 10.0 Å². The summed E-state index contributed by atoms with van der Waals surface area (Å²) in [5, 5.41) is 0. The number of pyridine rings is 1. The van der Waals surface area contributed by atoms with Gasteiger partial charge in [-0.2, -0.15) is 0 Å². The Labute approximate surface area is 109 Å². The number of aromatic nitrogens is 1. The van der Waals surface area contributed by atoms with E-state index in [1.807, 2.05) is 0 Å². The Kier molecular flexibility index (Phi) is 5.66. The van der Waals surface area contributed by atoms with Crippen LogP contribution in [-0.4, -0.2) is 36.2 Å². The summed E-state index contributed by atoms with van der Waals surface area (Å²) in [6.07, 6.45) is 3.32. The average Bonchev–Trinajstić information content (AvgIpc) is 2.34. The van der Waals surface area contributed by atoms with Crippen LogP contribution >= 0.6 is 0 Å². The van der Waals surface area contributed by atoms with Crippen LogP contribution in [0.15, 0.2) is 23.2 Å². The fraction of sp³-hybridized carbons (Fsp3) is 0.444. The number of sulfonamides is 1. The first-order chi connectivity index (χ1) is 8.45. The summed E-state index contributed by atoms with van der Waals surface area (Å²) in [7, 11) is -4.48. The molecule has 0 aromatic carbocycles. The molecular weight excluding hydrogens is 276 g/mol. The molecule has 18 heavy (non-hydrogen) atoms. The molecular formula is C9H16N4O3S2. The second kappa shape index (κ2) is 6.78. The van der Waals surface area contributed by atoms with Crippen LogP contribution in [0, 0.1) is 0 Å². The fourth-order valence-electron chi connectivity index (χ4n) is 1.19. The molecule has 0 radical (unpaired) electrons. The highest BCUT2D eigenvalue weighted by Crippen LogP contribution is 2.09. The summed E-state index contributed by atoms with van der Waals surface area (Å²) in [4.78, 5) is 3.88. The van der Waals surface area contributed by atoms with Gasteiger partial charge in [-0.3, -0.25) is 4.21 Å². The Balaban J connectivity index is 2.59. The molecule has 1 atom stereocenters. The van der Waals surface area contributed by atoms with Crippen molar-refractivity contribution in [1.82, 2.24) is 9.71 Å². The van der Waals surface area contributed by atoms with Gasteiger partial charge in [-0.05, 0) is 18.6 Å². The third kappa shape index (κ3) is 4.69. The third-order valence-electron chi connectivity index (χ3n) is 2.10. The molecule has 0 spiro atoms. The molecule has 102 valence electrons. The van der Waals surface area contributed by atoms with Crippen molar-refractivity contribution in [3.63, 3.8) is 0 Å². The molecule has 4 N–H and O–H groups in total. The lowest BCUT2D eigenvalue weighted by Crippen LogP contribution is -2.26. The topological polar surface area (TPSA) is 114 Å². The molecule has 7 nitrogen and oxygen atoms in total. The maximum atomic E-state index is 11.8. The van der Waals surface area contributed by atoms with Crippen LogP contribution in [0.4, 0.5) is 5.82 Å². The normalized spacial score (nSPS) is 13.2. The van der Waals surface area contributed by atoms with Crippen molar-refractivity contribution in [2.24, 2.45) is 5.84 Å². The maximum absolute atomic E-state index is 11.8. The smallest absolute Gasteiger partial charge is 0.242 e. The van der Waals surface area contributed by atoms with Crippen LogP contribution in [0.25, 0.3) is 0 Å². The van der Waals surface area contributed by atoms with Crippen LogP contribution in [0.5, 0.6) is 0 Å². The van der Waals surface area contributed by atoms with E-state index in [1.165, 1.54) is 18.3 Å². The fourth-order valence-corrected chi connectivity index (χ4v) is 2.76. The molecule has 1 aromatic heterocycles. The van der Waals surface area contributed by atoms with E-state index < -0.39 is 20.8 Å². The van der Waals surface area contributed by atoms with Gasteiger partial charge in [-0.15, -0.1) is 0 Å². The molecule has 9 heteroatoms. The van der Waals surface area contributed by atoms with Crippen LogP contribution in [0.2, 0.25) is 0 Å². The minimum Gasteiger partial charge on any atom is -0.308 e. The minimum absolute atomic E-state index is 0.0686. The predicted octanol–water partition coefficient (Wildman–Crippen LogP) is -0.586. The number of hydrogen-bond donors (Lipinski definition) is 3. The first kappa shape index (κ1) is 15.0. The molecule has 0 aliphatic carbocycles. The van der Waals surface area contributed by atoms with Gasteiger partial charge in [0.1, 0.15) is 10.7 Å². The number of nitrogen functional groups attached to an aromatic ring is 1. The van der Waals surface area contributed by atoms with Crippen molar-refractivity contribution in [2.75, 3.05) is 24.0 Å². The zero-order valence-corrected chi connectivity index (χ0v) is 11.6. The van der Waals surface area contributed by atoms with Gasteiger partial charge < -0.3 is 5.43 Å². The Morgan fingerprint density at radius 3 is 2.67 bits per heavy atom. The molecule has 1 heterocycles. The highest BCUT2D eigenvalue weighted by Gasteiger charge is 2.13. The molecule has 0 amide bonds. The number of hydrogen-bond acceptors (Lipinski definition) is 6. The van der Waals surface area contributed by atoms with Gasteiger partial charge in [0.25, 0.3) is 0 Å². The van der Waals surface area contributed by atoms with E-state index in [1.54, 1.807) is 6.26 Å². The van der Waals surface area contributed by atoms with Crippen LogP contribution in [-0.2, 0) is 20.8 Å². The van der Waals surface area contributed by atoms with E-state index in [-0.39, 0.29) is 11.4 Å². The van der Waals surface area contributed by atoms with Crippen molar-refractivity contribution < 1.29 is 12.6 Å². The lowest BCUT2D eigenvalue weighted by molar-refractivity contribution is 0.580. The summed E-state index contributed by atoms with van der Waals surface area (Å²) in [5.74, 6) is 5.98. The largest absolute Gasteiger partial charge is 0.308 e. The monoisotopic (exact) mass is 292 g/mol. The number of nitrogens with one attached hydrogen (secondary N) is 2. The molecule has 0 saturated heterocycles. The van der Waals surface area contributed by atoms with Gasteiger partial charge in [-0.25, -0.2) is 24.0 Å². The zero-order chi connectivity index (χ0) is 13.6. The Bertz CT molecular complexity index is 501. The zero-order valence-electron chi connectivity index (χ0n) is 9.92. The highest BCUT2D eigenvalue weighted by molar-refractivity contribution is 7.89.